The van der Waals surface area contributed by atoms with E-state index in [1.165, 1.54) is 13.0 Å². The van der Waals surface area contributed by atoms with Gasteiger partial charge in [-0.25, -0.2) is 0 Å². The van der Waals surface area contributed by atoms with E-state index < -0.39 is 64.1 Å². The van der Waals surface area contributed by atoms with Crippen molar-refractivity contribution in [2.24, 2.45) is 22.7 Å². The molecule has 32 heavy (non-hydrogen) atoms. The van der Waals surface area contributed by atoms with Crippen molar-refractivity contribution in [3.05, 3.63) is 12.2 Å². The van der Waals surface area contributed by atoms with Crippen molar-refractivity contribution in [1.82, 2.24) is 0 Å². The largest absolute Gasteiger partial charge is 0.481 e. The van der Waals surface area contributed by atoms with Gasteiger partial charge in [-0.05, 0) is 32.1 Å². The van der Waals surface area contributed by atoms with E-state index in [1.807, 2.05) is 20.8 Å². The number of Topliss-reactive ketones (excluding diaryl/α,β-unsaturated/α-hetero) is 1. The smallest absolute Gasteiger partial charge is 0.307 e. The summed E-state index contributed by atoms with van der Waals surface area (Å²) in [7, 11) is 0. The second-order valence-electron chi connectivity index (χ2n) is 11.1. The maximum atomic E-state index is 13.7. The zero-order valence-electron chi connectivity index (χ0n) is 19.8. The predicted octanol–water partition coefficient (Wildman–Crippen LogP) is 2.25. The Hall–Kier alpha value is -1.77. The quantitative estimate of drug-likeness (QED) is 0.437. The molecule has 2 saturated carbocycles. The molecular weight excluding hydrogens is 416 g/mol. The number of hydrogen-bond acceptors (Lipinski definition) is 7. The van der Waals surface area contributed by atoms with Crippen molar-refractivity contribution < 1.29 is 39.2 Å². The molecule has 3 aliphatic rings. The number of esters is 1. The molecule has 180 valence electrons. The summed E-state index contributed by atoms with van der Waals surface area (Å²) in [5.74, 6) is -3.08. The summed E-state index contributed by atoms with van der Waals surface area (Å²) in [5.41, 5.74) is -3.96. The second kappa shape index (κ2) is 7.92. The zero-order chi connectivity index (χ0) is 24.3. The molecule has 1 aliphatic heterocycles. The summed E-state index contributed by atoms with van der Waals surface area (Å²) in [5, 5.41) is 31.7. The lowest BCUT2D eigenvalue weighted by Gasteiger charge is -2.68. The summed E-state index contributed by atoms with van der Waals surface area (Å²) >= 11 is 0. The number of rotatable bonds is 4. The lowest BCUT2D eigenvalue weighted by Crippen LogP contribution is -2.77. The molecule has 0 unspecified atom stereocenters. The molecule has 0 aromatic rings. The van der Waals surface area contributed by atoms with E-state index in [0.29, 0.717) is 12.8 Å². The third-order valence-corrected chi connectivity index (χ3v) is 8.06. The SMILES string of the molecule is CC(=O)O[C@H]1[C@@H](O)[C@H]2C(C)(C)CC[C@H](O)[C@]2(C)[C@H]2C(=O)C[C@](C)(/C=C\CC(=O)O)O[C@]12C. The zero-order valence-corrected chi connectivity index (χ0v) is 19.8. The van der Waals surface area contributed by atoms with Gasteiger partial charge in [-0.3, -0.25) is 14.4 Å². The van der Waals surface area contributed by atoms with Crippen molar-refractivity contribution in [1.29, 1.82) is 0 Å². The number of carbonyl (C=O) groups is 3. The molecule has 1 saturated heterocycles. The van der Waals surface area contributed by atoms with Crippen LogP contribution in [0.15, 0.2) is 12.2 Å². The van der Waals surface area contributed by atoms with E-state index in [0.717, 1.165) is 0 Å². The highest BCUT2D eigenvalue weighted by Crippen LogP contribution is 2.65. The Morgan fingerprint density at radius 2 is 1.81 bits per heavy atom. The molecule has 2 aliphatic carbocycles. The summed E-state index contributed by atoms with van der Waals surface area (Å²) in [6, 6.07) is 0. The number of ketones is 1. The topological polar surface area (TPSA) is 130 Å². The van der Waals surface area contributed by atoms with E-state index in [-0.39, 0.29) is 18.6 Å². The summed E-state index contributed by atoms with van der Waals surface area (Å²) in [4.78, 5) is 36.7. The number of aliphatic hydroxyl groups excluding tert-OH is 2. The molecule has 0 bridgehead atoms. The molecule has 3 fully saturated rings. The standard InChI is InChI=1S/C24H36O8/c1-13(25)31-20-17(30)19-21(2,3)11-9-15(27)23(19,5)18-14(26)12-22(4,32-24(18,20)6)10-7-8-16(28)29/h7,10,15,17-20,27,30H,8-9,11-12H2,1-6H3,(H,28,29)/b10-7-/t15-,17-,18+,19-,20-,22-,23+,24-/m0/s1. The third-order valence-electron chi connectivity index (χ3n) is 8.06. The minimum atomic E-state index is -1.41. The molecular formula is C24H36O8. The number of aliphatic carboxylic acids is 1. The Labute approximate surface area is 189 Å². The Kier molecular flexibility index (Phi) is 6.15. The average molecular weight is 453 g/mol. The molecule has 0 aromatic heterocycles. The number of ether oxygens (including phenoxy) is 2. The van der Waals surface area contributed by atoms with Gasteiger partial charge < -0.3 is 24.8 Å². The van der Waals surface area contributed by atoms with Gasteiger partial charge in [-0.15, -0.1) is 0 Å². The third kappa shape index (κ3) is 3.80. The predicted molar refractivity (Wildman–Crippen MR) is 115 cm³/mol. The minimum Gasteiger partial charge on any atom is -0.481 e. The minimum absolute atomic E-state index is 0.0122. The van der Waals surface area contributed by atoms with Crippen LogP contribution in [0.25, 0.3) is 0 Å². The Bertz CT molecular complexity index is 834. The van der Waals surface area contributed by atoms with E-state index in [2.05, 4.69) is 0 Å². The second-order valence-corrected chi connectivity index (χ2v) is 11.1. The molecule has 0 aromatic carbocycles. The van der Waals surface area contributed by atoms with Crippen molar-refractivity contribution in [3.8, 4) is 0 Å². The van der Waals surface area contributed by atoms with Crippen LogP contribution in [0.2, 0.25) is 0 Å². The van der Waals surface area contributed by atoms with Gasteiger partial charge in [0.15, 0.2) is 6.10 Å². The summed E-state index contributed by atoms with van der Waals surface area (Å²) in [6.45, 7) is 10.4. The van der Waals surface area contributed by atoms with E-state index >= 15 is 0 Å². The maximum absolute atomic E-state index is 13.7. The first kappa shape index (κ1) is 24.9. The summed E-state index contributed by atoms with van der Waals surface area (Å²) < 4.78 is 12.1. The van der Waals surface area contributed by atoms with E-state index in [4.69, 9.17) is 14.6 Å². The van der Waals surface area contributed by atoms with Gasteiger partial charge in [-0.1, -0.05) is 32.9 Å². The molecule has 3 N–H and O–H groups in total. The van der Waals surface area contributed by atoms with Gasteiger partial charge in [0.25, 0.3) is 0 Å². The molecule has 8 atom stereocenters. The van der Waals surface area contributed by atoms with Crippen LogP contribution < -0.4 is 0 Å². The lowest BCUT2D eigenvalue weighted by atomic mass is 9.41. The Morgan fingerprint density at radius 3 is 2.38 bits per heavy atom. The normalized spacial score (nSPS) is 45.8. The van der Waals surface area contributed by atoms with Crippen LogP contribution in [0.4, 0.5) is 0 Å². The highest BCUT2D eigenvalue weighted by atomic mass is 16.6. The van der Waals surface area contributed by atoms with Crippen molar-refractivity contribution in [3.63, 3.8) is 0 Å². The number of carbonyl (C=O) groups excluding carboxylic acids is 2. The molecule has 8 nitrogen and oxygen atoms in total. The first-order valence-corrected chi connectivity index (χ1v) is 11.2. The fraction of sp³-hybridized carbons (Fsp3) is 0.792. The van der Waals surface area contributed by atoms with Crippen LogP contribution in [0.5, 0.6) is 0 Å². The molecule has 8 heteroatoms. The highest BCUT2D eigenvalue weighted by molar-refractivity contribution is 5.86. The van der Waals surface area contributed by atoms with Gasteiger partial charge in [0, 0.05) is 24.7 Å². The van der Waals surface area contributed by atoms with Crippen LogP contribution in [0.1, 0.15) is 67.2 Å². The maximum Gasteiger partial charge on any atom is 0.307 e. The Balaban J connectivity index is 2.15. The molecule has 1 heterocycles. The van der Waals surface area contributed by atoms with E-state index in [9.17, 15) is 24.6 Å². The van der Waals surface area contributed by atoms with Crippen LogP contribution in [-0.4, -0.2) is 62.6 Å². The molecule has 0 radical (unpaired) electrons. The summed E-state index contributed by atoms with van der Waals surface area (Å²) in [6.07, 6.45) is 0.773. The van der Waals surface area contributed by atoms with Crippen molar-refractivity contribution >= 4 is 17.7 Å². The van der Waals surface area contributed by atoms with Gasteiger partial charge in [0.05, 0.1) is 30.1 Å². The Morgan fingerprint density at radius 1 is 1.19 bits per heavy atom. The number of hydrogen-bond donors (Lipinski definition) is 3. The lowest BCUT2D eigenvalue weighted by molar-refractivity contribution is -0.321. The fourth-order valence-electron chi connectivity index (χ4n) is 7.16. The van der Waals surface area contributed by atoms with Gasteiger partial charge in [-0.2, -0.15) is 0 Å². The van der Waals surface area contributed by atoms with Crippen molar-refractivity contribution in [2.75, 3.05) is 0 Å². The van der Waals surface area contributed by atoms with Crippen molar-refractivity contribution in [2.45, 2.75) is 96.7 Å². The molecule has 0 amide bonds. The number of fused-ring (bicyclic) bond motifs is 3. The molecule has 3 rings (SSSR count). The first-order valence-electron chi connectivity index (χ1n) is 11.2. The first-order chi connectivity index (χ1) is 14.6. The highest BCUT2D eigenvalue weighted by Gasteiger charge is 2.73. The van der Waals surface area contributed by atoms with Crippen LogP contribution in [-0.2, 0) is 23.9 Å². The van der Waals surface area contributed by atoms with Crippen LogP contribution >= 0.6 is 0 Å². The van der Waals surface area contributed by atoms with Gasteiger partial charge >= 0.3 is 11.9 Å². The van der Waals surface area contributed by atoms with Crippen LogP contribution in [0.3, 0.4) is 0 Å². The number of carboxylic acid groups (broad SMARTS) is 1. The number of carboxylic acids is 1. The average Bonchev–Trinajstić information content (AvgIpc) is 2.60. The molecule has 0 spiro atoms. The van der Waals surface area contributed by atoms with Gasteiger partial charge in [0.1, 0.15) is 11.4 Å². The van der Waals surface area contributed by atoms with Crippen LogP contribution in [0, 0.1) is 22.7 Å². The number of aliphatic hydroxyl groups is 2. The fourth-order valence-corrected chi connectivity index (χ4v) is 7.16. The monoisotopic (exact) mass is 452 g/mol. The van der Waals surface area contributed by atoms with E-state index in [1.54, 1.807) is 19.9 Å². The van der Waals surface area contributed by atoms with Gasteiger partial charge in [0.2, 0.25) is 0 Å².